The zero-order valence-electron chi connectivity index (χ0n) is 18.1. The van der Waals surface area contributed by atoms with E-state index < -0.39 is 20.6 Å². The lowest BCUT2D eigenvalue weighted by Crippen LogP contribution is -3.14. The molecule has 1 aliphatic rings. The summed E-state index contributed by atoms with van der Waals surface area (Å²) in [4.78, 5) is 15.9. The van der Waals surface area contributed by atoms with Gasteiger partial charge in [-0.2, -0.15) is 9.29 Å². The van der Waals surface area contributed by atoms with E-state index in [0.717, 1.165) is 16.9 Å². The summed E-state index contributed by atoms with van der Waals surface area (Å²) in [6, 6.07) is 13.6. The third-order valence-electron chi connectivity index (χ3n) is 5.81. The average molecular weight is 490 g/mol. The zero-order chi connectivity index (χ0) is 23.6. The molecule has 3 aromatic rings. The van der Waals surface area contributed by atoms with Crippen molar-refractivity contribution in [3.63, 3.8) is 0 Å². The first-order valence-corrected chi connectivity index (χ1v) is 12.5. The van der Waals surface area contributed by atoms with Gasteiger partial charge in [0.25, 0.3) is 5.69 Å². The zero-order valence-corrected chi connectivity index (χ0v) is 19.7. The van der Waals surface area contributed by atoms with E-state index in [9.17, 15) is 18.5 Å². The molecule has 12 heteroatoms. The molecule has 2 aromatic carbocycles. The summed E-state index contributed by atoms with van der Waals surface area (Å²) in [6.45, 7) is 4.24. The SMILES string of the molecule is CCc1ccc(-c2nc(=S)n(C[NH+]3CCN(S(=O)(=O)c4ccccc4[N+](=O)[O-])CC3)[nH]2)cc1. The Morgan fingerprint density at radius 2 is 1.82 bits per heavy atom. The summed E-state index contributed by atoms with van der Waals surface area (Å²) in [5.74, 6) is 0.694. The van der Waals surface area contributed by atoms with Crippen molar-refractivity contribution in [3.05, 3.63) is 69.0 Å². The van der Waals surface area contributed by atoms with Crippen LogP contribution in [0.2, 0.25) is 0 Å². The maximum absolute atomic E-state index is 13.0. The smallest absolute Gasteiger partial charge is 0.289 e. The molecule has 0 atom stereocenters. The summed E-state index contributed by atoms with van der Waals surface area (Å²) >= 11 is 5.41. The second-order valence-corrected chi connectivity index (χ2v) is 10.1. The van der Waals surface area contributed by atoms with E-state index in [1.54, 1.807) is 4.68 Å². The minimum Gasteiger partial charge on any atom is -0.314 e. The molecule has 2 N–H and O–H groups in total. The number of aryl methyl sites for hydroxylation is 1. The number of hydrogen-bond acceptors (Lipinski definition) is 6. The van der Waals surface area contributed by atoms with Crippen molar-refractivity contribution in [2.24, 2.45) is 0 Å². The Morgan fingerprint density at radius 1 is 1.15 bits per heavy atom. The van der Waals surface area contributed by atoms with Gasteiger partial charge in [-0.1, -0.05) is 43.3 Å². The van der Waals surface area contributed by atoms with Gasteiger partial charge in [-0.25, -0.2) is 13.1 Å². The van der Waals surface area contributed by atoms with Gasteiger partial charge in [0, 0.05) is 11.6 Å². The molecule has 1 saturated heterocycles. The lowest BCUT2D eigenvalue weighted by molar-refractivity contribution is -0.926. The van der Waals surface area contributed by atoms with Crippen molar-refractivity contribution in [1.82, 2.24) is 19.1 Å². The van der Waals surface area contributed by atoms with Crippen molar-refractivity contribution in [1.29, 1.82) is 0 Å². The number of piperazine rings is 1. The molecule has 174 valence electrons. The highest BCUT2D eigenvalue weighted by atomic mass is 32.2. The van der Waals surface area contributed by atoms with Gasteiger partial charge in [-0.15, -0.1) is 0 Å². The summed E-state index contributed by atoms with van der Waals surface area (Å²) in [6.07, 6.45) is 0.966. The first-order valence-electron chi connectivity index (χ1n) is 10.6. The van der Waals surface area contributed by atoms with Crippen LogP contribution in [-0.2, 0) is 23.1 Å². The van der Waals surface area contributed by atoms with E-state index in [4.69, 9.17) is 12.2 Å². The number of aromatic amines is 1. The van der Waals surface area contributed by atoms with Crippen molar-refractivity contribution in [2.75, 3.05) is 26.2 Å². The number of rotatable bonds is 7. The Labute approximate surface area is 196 Å². The van der Waals surface area contributed by atoms with Crippen molar-refractivity contribution in [3.8, 4) is 11.4 Å². The van der Waals surface area contributed by atoms with E-state index in [-0.39, 0.29) is 18.0 Å². The van der Waals surface area contributed by atoms with Crippen molar-refractivity contribution in [2.45, 2.75) is 24.9 Å². The van der Waals surface area contributed by atoms with Crippen LogP contribution in [0.1, 0.15) is 12.5 Å². The lowest BCUT2D eigenvalue weighted by Gasteiger charge is -2.31. The molecule has 0 spiro atoms. The minimum absolute atomic E-state index is 0.260. The van der Waals surface area contributed by atoms with Gasteiger partial charge >= 0.3 is 0 Å². The highest BCUT2D eigenvalue weighted by molar-refractivity contribution is 7.89. The Balaban J connectivity index is 1.43. The Morgan fingerprint density at radius 3 is 2.45 bits per heavy atom. The van der Waals surface area contributed by atoms with Gasteiger partial charge in [-0.3, -0.25) is 15.2 Å². The second-order valence-electron chi connectivity index (χ2n) is 7.87. The number of nitro benzene ring substituents is 1. The van der Waals surface area contributed by atoms with Crippen LogP contribution in [-0.4, -0.2) is 58.6 Å². The van der Waals surface area contributed by atoms with Crippen LogP contribution in [0.4, 0.5) is 5.69 Å². The molecule has 2 heterocycles. The molecule has 4 rings (SSSR count). The van der Waals surface area contributed by atoms with Crippen LogP contribution < -0.4 is 4.90 Å². The molecule has 0 aliphatic carbocycles. The fourth-order valence-electron chi connectivity index (χ4n) is 3.88. The van der Waals surface area contributed by atoms with Gasteiger partial charge in [-0.05, 0) is 30.3 Å². The molecule has 0 amide bonds. The molecule has 0 saturated carbocycles. The van der Waals surface area contributed by atoms with E-state index in [1.807, 2.05) is 12.1 Å². The van der Waals surface area contributed by atoms with Crippen molar-refractivity contribution < 1.29 is 18.2 Å². The molecule has 1 aromatic heterocycles. The second kappa shape index (κ2) is 9.51. The third kappa shape index (κ3) is 4.88. The summed E-state index contributed by atoms with van der Waals surface area (Å²) < 4.78 is 29.6. The number of quaternary nitrogens is 1. The Bertz CT molecular complexity index is 1310. The normalized spacial score (nSPS) is 15.5. The molecule has 1 fully saturated rings. The third-order valence-corrected chi connectivity index (χ3v) is 8.06. The van der Waals surface area contributed by atoms with Gasteiger partial charge in [0.05, 0.1) is 31.1 Å². The predicted octanol–water partition coefficient (Wildman–Crippen LogP) is 1.63. The number of benzene rings is 2. The largest absolute Gasteiger partial charge is 0.314 e. The number of hydrogen-bond donors (Lipinski definition) is 2. The first-order chi connectivity index (χ1) is 15.8. The standard InChI is InChI=1S/C21H24N6O4S2/c1-2-16-7-9-17(10-8-16)20-22-21(32)26(23-20)15-24-11-13-25(14-12-24)33(30,31)19-6-4-3-5-18(19)27(28)29/h3-10H,2,11-15H2,1H3,(H,22,23,32)/p+1. The monoisotopic (exact) mass is 489 g/mol. The van der Waals surface area contributed by atoms with Crippen LogP contribution in [0.25, 0.3) is 11.4 Å². The average Bonchev–Trinajstić information content (AvgIpc) is 3.19. The van der Waals surface area contributed by atoms with Crippen LogP contribution in [0.3, 0.4) is 0 Å². The maximum atomic E-state index is 13.0. The summed E-state index contributed by atoms with van der Waals surface area (Å²) in [5.41, 5.74) is 1.79. The highest BCUT2D eigenvalue weighted by Gasteiger charge is 2.34. The van der Waals surface area contributed by atoms with Gasteiger partial charge in [0.1, 0.15) is 0 Å². The quantitative estimate of drug-likeness (QED) is 0.296. The lowest BCUT2D eigenvalue weighted by atomic mass is 10.1. The fraction of sp³-hybridized carbons (Fsp3) is 0.333. The van der Waals surface area contributed by atoms with E-state index in [0.29, 0.717) is 30.4 Å². The fourth-order valence-corrected chi connectivity index (χ4v) is 5.68. The predicted molar refractivity (Wildman–Crippen MR) is 125 cm³/mol. The van der Waals surface area contributed by atoms with Gasteiger partial charge in [0.15, 0.2) is 17.4 Å². The molecular formula is C21H25N6O4S2+. The number of H-pyrrole nitrogens is 1. The molecule has 0 unspecified atom stereocenters. The summed E-state index contributed by atoms with van der Waals surface area (Å²) in [5, 5.41) is 14.5. The molecule has 33 heavy (non-hydrogen) atoms. The van der Waals surface area contributed by atoms with Crippen LogP contribution in [0.15, 0.2) is 53.4 Å². The highest BCUT2D eigenvalue weighted by Crippen LogP contribution is 2.26. The molecule has 0 radical (unpaired) electrons. The Kier molecular flexibility index (Phi) is 6.70. The van der Waals surface area contributed by atoms with Crippen LogP contribution in [0.5, 0.6) is 0 Å². The van der Waals surface area contributed by atoms with Crippen LogP contribution in [0, 0.1) is 14.9 Å². The van der Waals surface area contributed by atoms with E-state index >= 15 is 0 Å². The molecular weight excluding hydrogens is 464 g/mol. The van der Waals surface area contributed by atoms with Gasteiger partial charge < -0.3 is 4.90 Å². The number of nitro groups is 1. The number of para-hydroxylation sites is 1. The number of aromatic nitrogens is 3. The molecule has 1 aliphatic heterocycles. The first kappa shape index (κ1) is 23.2. The van der Waals surface area contributed by atoms with E-state index in [1.165, 1.54) is 34.1 Å². The molecule has 10 nitrogen and oxygen atoms in total. The number of sulfonamides is 1. The van der Waals surface area contributed by atoms with E-state index in [2.05, 4.69) is 29.1 Å². The number of nitrogens with zero attached hydrogens (tertiary/aromatic N) is 4. The molecule has 0 bridgehead atoms. The van der Waals surface area contributed by atoms with Crippen molar-refractivity contribution >= 4 is 27.9 Å². The van der Waals surface area contributed by atoms with Gasteiger partial charge in [0.2, 0.25) is 14.8 Å². The maximum Gasteiger partial charge on any atom is 0.289 e. The minimum atomic E-state index is -3.95. The number of nitrogens with one attached hydrogen (secondary N) is 2. The summed E-state index contributed by atoms with van der Waals surface area (Å²) in [7, 11) is -3.95. The topological polar surface area (TPSA) is 119 Å². The van der Waals surface area contributed by atoms with Crippen LogP contribution >= 0.6 is 12.2 Å². The Hall–Kier alpha value is -2.93.